The third-order valence-electron chi connectivity index (χ3n) is 8.16. The standard InChI is InChI=1S/C22H44O.C16H32O2/c1-2-3-4-5-6-7-8-9-10-11-12-13-14-15-16-17-18-19-20-21-22-23;1-2-3-4-5-6-7-8-9-10-11-12-13-14-15-16(17)18/h9-10,23H,2-8,11-22H2,1H3;2-15H2,1H3,(H,17,18)/b10-9-;. The lowest BCUT2D eigenvalue weighted by Gasteiger charge is -2.02. The third kappa shape index (κ3) is 46.3. The molecule has 0 aliphatic carbocycles. The molecule has 0 aromatic rings. The molecule has 0 atom stereocenters. The van der Waals surface area contributed by atoms with Crippen molar-refractivity contribution in [1.29, 1.82) is 0 Å². The topological polar surface area (TPSA) is 57.5 Å². The van der Waals surface area contributed by atoms with Gasteiger partial charge in [0.15, 0.2) is 0 Å². The number of carbonyl (C=O) groups is 1. The zero-order chi connectivity index (χ0) is 30.3. The Balaban J connectivity index is 0. The van der Waals surface area contributed by atoms with Crippen molar-refractivity contribution >= 4 is 5.97 Å². The first kappa shape index (κ1) is 42.3. The monoisotopic (exact) mass is 581 g/mol. The molecule has 0 fully saturated rings. The zero-order valence-corrected chi connectivity index (χ0v) is 28.3. The van der Waals surface area contributed by atoms with Crippen molar-refractivity contribution < 1.29 is 15.0 Å². The van der Waals surface area contributed by atoms with E-state index >= 15 is 0 Å². The number of carboxylic acids is 1. The van der Waals surface area contributed by atoms with Crippen molar-refractivity contribution in [3.63, 3.8) is 0 Å². The molecular weight excluding hydrogens is 504 g/mol. The number of hydrogen-bond acceptors (Lipinski definition) is 2. The summed E-state index contributed by atoms with van der Waals surface area (Å²) in [5, 5.41) is 17.2. The van der Waals surface area contributed by atoms with Crippen LogP contribution in [-0.2, 0) is 4.79 Å². The van der Waals surface area contributed by atoms with E-state index in [1.54, 1.807) is 0 Å². The minimum absolute atomic E-state index is 0.345. The SMILES string of the molecule is CCCCCCCC/C=C\CCCCCCCCCCCCO.CCCCCCCCCCCCCCCC(=O)O. The molecule has 3 nitrogen and oxygen atoms in total. The van der Waals surface area contributed by atoms with Gasteiger partial charge in [-0.05, 0) is 38.5 Å². The van der Waals surface area contributed by atoms with Gasteiger partial charge in [-0.1, -0.05) is 187 Å². The van der Waals surface area contributed by atoms with E-state index in [1.165, 1.54) is 180 Å². The predicted octanol–water partition coefficient (Wildman–Crippen LogP) is 13.1. The average molecular weight is 581 g/mol. The van der Waals surface area contributed by atoms with Crippen LogP contribution in [0, 0.1) is 0 Å². The Bertz CT molecular complexity index is 488. The quantitative estimate of drug-likeness (QED) is 0.0599. The molecular formula is C38H76O3. The second-order valence-corrected chi connectivity index (χ2v) is 12.5. The molecule has 0 unspecified atom stereocenters. The molecule has 3 heteroatoms. The van der Waals surface area contributed by atoms with Gasteiger partial charge in [0.2, 0.25) is 0 Å². The highest BCUT2D eigenvalue weighted by atomic mass is 16.4. The van der Waals surface area contributed by atoms with E-state index in [0.717, 1.165) is 19.3 Å². The van der Waals surface area contributed by atoms with Crippen molar-refractivity contribution in [2.24, 2.45) is 0 Å². The Morgan fingerprint density at radius 2 is 0.683 bits per heavy atom. The molecule has 0 aliphatic rings. The number of rotatable bonds is 33. The van der Waals surface area contributed by atoms with Crippen molar-refractivity contribution in [1.82, 2.24) is 0 Å². The summed E-state index contributed by atoms with van der Waals surface area (Å²) >= 11 is 0. The fourth-order valence-electron chi connectivity index (χ4n) is 5.36. The second-order valence-electron chi connectivity index (χ2n) is 12.5. The van der Waals surface area contributed by atoms with E-state index in [4.69, 9.17) is 10.2 Å². The van der Waals surface area contributed by atoms with Crippen molar-refractivity contribution in [2.75, 3.05) is 6.61 Å². The van der Waals surface area contributed by atoms with E-state index < -0.39 is 5.97 Å². The van der Waals surface area contributed by atoms with Gasteiger partial charge >= 0.3 is 5.97 Å². The molecule has 0 heterocycles. The molecule has 0 saturated carbocycles. The summed E-state index contributed by atoms with van der Waals surface area (Å²) in [7, 11) is 0. The lowest BCUT2D eigenvalue weighted by atomic mass is 10.0. The molecule has 0 bridgehead atoms. The van der Waals surface area contributed by atoms with Gasteiger partial charge in [-0.15, -0.1) is 0 Å². The number of aliphatic hydroxyl groups excluding tert-OH is 1. The Labute approximate surface area is 258 Å². The van der Waals surface area contributed by atoms with Crippen LogP contribution in [-0.4, -0.2) is 22.8 Å². The maximum absolute atomic E-state index is 10.3. The Kier molecular flexibility index (Phi) is 42.6. The first-order valence-corrected chi connectivity index (χ1v) is 18.7. The van der Waals surface area contributed by atoms with Gasteiger partial charge in [0.25, 0.3) is 0 Å². The normalized spacial score (nSPS) is 11.2. The lowest BCUT2D eigenvalue weighted by Crippen LogP contribution is -1.93. The molecule has 0 saturated heterocycles. The molecule has 0 spiro atoms. The molecule has 0 amide bonds. The maximum atomic E-state index is 10.3. The Morgan fingerprint density at radius 3 is 0.976 bits per heavy atom. The van der Waals surface area contributed by atoms with E-state index in [1.807, 2.05) is 0 Å². The highest BCUT2D eigenvalue weighted by Gasteiger charge is 1.97. The summed E-state index contributed by atoms with van der Waals surface area (Å²) in [4.78, 5) is 10.3. The van der Waals surface area contributed by atoms with E-state index in [0.29, 0.717) is 13.0 Å². The Hall–Kier alpha value is -0.830. The fraction of sp³-hybridized carbons (Fsp3) is 0.921. The molecule has 0 rings (SSSR count). The summed E-state index contributed by atoms with van der Waals surface area (Å²) in [5.41, 5.74) is 0. The minimum Gasteiger partial charge on any atom is -0.481 e. The van der Waals surface area contributed by atoms with Crippen molar-refractivity contribution in [3.05, 3.63) is 12.2 Å². The number of hydrogen-bond donors (Lipinski definition) is 2. The van der Waals surface area contributed by atoms with Gasteiger partial charge in [0.1, 0.15) is 0 Å². The molecule has 0 aliphatic heterocycles. The van der Waals surface area contributed by atoms with Crippen LogP contribution in [0.15, 0.2) is 12.2 Å². The minimum atomic E-state index is -0.655. The van der Waals surface area contributed by atoms with Crippen LogP contribution in [0.25, 0.3) is 0 Å². The van der Waals surface area contributed by atoms with Gasteiger partial charge in [-0.2, -0.15) is 0 Å². The molecule has 0 radical (unpaired) electrons. The molecule has 41 heavy (non-hydrogen) atoms. The molecule has 0 aromatic heterocycles. The van der Waals surface area contributed by atoms with Crippen LogP contribution in [0.1, 0.15) is 219 Å². The van der Waals surface area contributed by atoms with Crippen LogP contribution in [0.3, 0.4) is 0 Å². The van der Waals surface area contributed by atoms with Crippen LogP contribution in [0.4, 0.5) is 0 Å². The average Bonchev–Trinajstić information content (AvgIpc) is 2.97. The largest absolute Gasteiger partial charge is 0.481 e. The highest BCUT2D eigenvalue weighted by molar-refractivity contribution is 5.66. The second kappa shape index (κ2) is 41.3. The summed E-state index contributed by atoms with van der Waals surface area (Å²) in [6.45, 7) is 4.91. The smallest absolute Gasteiger partial charge is 0.303 e. The van der Waals surface area contributed by atoms with Crippen LogP contribution in [0.5, 0.6) is 0 Å². The van der Waals surface area contributed by atoms with Gasteiger partial charge in [-0.25, -0.2) is 0 Å². The van der Waals surface area contributed by atoms with Crippen molar-refractivity contribution in [2.45, 2.75) is 219 Å². The zero-order valence-electron chi connectivity index (χ0n) is 28.3. The Morgan fingerprint density at radius 1 is 0.415 bits per heavy atom. The summed E-state index contributed by atoms with van der Waals surface area (Å²) < 4.78 is 0. The number of allylic oxidation sites excluding steroid dienone is 2. The third-order valence-corrected chi connectivity index (χ3v) is 8.16. The van der Waals surface area contributed by atoms with Gasteiger partial charge in [0.05, 0.1) is 0 Å². The molecule has 246 valence electrons. The molecule has 2 N–H and O–H groups in total. The van der Waals surface area contributed by atoms with E-state index in [2.05, 4.69) is 26.0 Å². The number of aliphatic hydroxyl groups is 1. The summed E-state index contributed by atoms with van der Waals surface area (Å²) in [6, 6.07) is 0. The van der Waals surface area contributed by atoms with Gasteiger partial charge in [0, 0.05) is 13.0 Å². The van der Waals surface area contributed by atoms with E-state index in [-0.39, 0.29) is 0 Å². The number of unbranched alkanes of at least 4 members (excludes halogenated alkanes) is 28. The molecule has 0 aromatic carbocycles. The first-order chi connectivity index (χ1) is 20.2. The summed E-state index contributed by atoms with van der Waals surface area (Å²) in [6.07, 6.45) is 46.4. The maximum Gasteiger partial charge on any atom is 0.303 e. The van der Waals surface area contributed by atoms with Gasteiger partial charge in [-0.3, -0.25) is 4.79 Å². The van der Waals surface area contributed by atoms with E-state index in [9.17, 15) is 4.79 Å². The van der Waals surface area contributed by atoms with Crippen molar-refractivity contribution in [3.8, 4) is 0 Å². The summed E-state index contributed by atoms with van der Waals surface area (Å²) in [5.74, 6) is -0.655. The predicted molar refractivity (Wildman–Crippen MR) is 183 cm³/mol. The first-order valence-electron chi connectivity index (χ1n) is 18.7. The van der Waals surface area contributed by atoms with Crippen LogP contribution >= 0.6 is 0 Å². The highest BCUT2D eigenvalue weighted by Crippen LogP contribution is 2.14. The van der Waals surface area contributed by atoms with Gasteiger partial charge < -0.3 is 10.2 Å². The fourth-order valence-corrected chi connectivity index (χ4v) is 5.36. The van der Waals surface area contributed by atoms with Crippen LogP contribution < -0.4 is 0 Å². The number of aliphatic carboxylic acids is 1. The number of carboxylic acid groups (broad SMARTS) is 1. The lowest BCUT2D eigenvalue weighted by molar-refractivity contribution is -0.137. The van der Waals surface area contributed by atoms with Crippen LogP contribution in [0.2, 0.25) is 0 Å².